The second-order valence-electron chi connectivity index (χ2n) is 6.56. The summed E-state index contributed by atoms with van der Waals surface area (Å²) in [6.45, 7) is 0.709. The third-order valence-corrected chi connectivity index (χ3v) is 4.75. The van der Waals surface area contributed by atoms with Gasteiger partial charge in [0, 0.05) is 35.5 Å². The third-order valence-electron chi connectivity index (χ3n) is 4.75. The summed E-state index contributed by atoms with van der Waals surface area (Å²) in [7, 11) is 0. The molecule has 27 heavy (non-hydrogen) atoms. The zero-order valence-corrected chi connectivity index (χ0v) is 14.9. The molecule has 1 saturated heterocycles. The standard InChI is InChI=1S/C23H20N2O2/c26-22-14-7-15-25(22)19-11-6-10-18(16-19)23(27)24-21-13-5-4-12-20(21)17-8-2-1-3-9-17/h1-6,8-13,16H,7,14-15H2,(H,24,27). The van der Waals surface area contributed by atoms with Crippen LogP contribution in [0.2, 0.25) is 0 Å². The average Bonchev–Trinajstić information content (AvgIpc) is 3.15. The summed E-state index contributed by atoms with van der Waals surface area (Å²) in [6, 6.07) is 24.9. The molecule has 1 heterocycles. The highest BCUT2D eigenvalue weighted by Gasteiger charge is 2.22. The largest absolute Gasteiger partial charge is 0.321 e. The van der Waals surface area contributed by atoms with Crippen LogP contribution in [0.25, 0.3) is 11.1 Å². The Morgan fingerprint density at radius 2 is 1.67 bits per heavy atom. The summed E-state index contributed by atoms with van der Waals surface area (Å²) in [6.07, 6.45) is 1.43. The summed E-state index contributed by atoms with van der Waals surface area (Å²) in [5, 5.41) is 3.01. The van der Waals surface area contributed by atoms with Crippen LogP contribution in [-0.4, -0.2) is 18.4 Å². The lowest BCUT2D eigenvalue weighted by molar-refractivity contribution is -0.117. The van der Waals surface area contributed by atoms with Crippen molar-refractivity contribution in [3.8, 4) is 11.1 Å². The Morgan fingerprint density at radius 3 is 2.44 bits per heavy atom. The quantitative estimate of drug-likeness (QED) is 0.734. The van der Waals surface area contributed by atoms with Crippen LogP contribution in [0.3, 0.4) is 0 Å². The molecule has 1 aliphatic heterocycles. The minimum absolute atomic E-state index is 0.113. The fourth-order valence-electron chi connectivity index (χ4n) is 3.39. The van der Waals surface area contributed by atoms with Crippen molar-refractivity contribution in [1.29, 1.82) is 0 Å². The minimum Gasteiger partial charge on any atom is -0.321 e. The number of carbonyl (C=O) groups is 2. The van der Waals surface area contributed by atoms with E-state index >= 15 is 0 Å². The zero-order valence-electron chi connectivity index (χ0n) is 14.9. The lowest BCUT2D eigenvalue weighted by Crippen LogP contribution is -2.24. The molecule has 1 N–H and O–H groups in total. The molecule has 2 amide bonds. The van der Waals surface area contributed by atoms with Gasteiger partial charge in [-0.25, -0.2) is 0 Å². The number of nitrogens with zero attached hydrogens (tertiary/aromatic N) is 1. The van der Waals surface area contributed by atoms with Crippen molar-refractivity contribution in [2.75, 3.05) is 16.8 Å². The lowest BCUT2D eigenvalue weighted by atomic mass is 10.0. The predicted octanol–water partition coefficient (Wildman–Crippen LogP) is 4.73. The number of amides is 2. The molecular weight excluding hydrogens is 336 g/mol. The zero-order chi connectivity index (χ0) is 18.6. The number of rotatable bonds is 4. The van der Waals surface area contributed by atoms with E-state index in [0.29, 0.717) is 18.5 Å². The van der Waals surface area contributed by atoms with E-state index in [4.69, 9.17) is 0 Å². The van der Waals surface area contributed by atoms with E-state index in [2.05, 4.69) is 5.32 Å². The number of para-hydroxylation sites is 1. The summed E-state index contributed by atoms with van der Waals surface area (Å²) in [5.74, 6) is -0.0751. The van der Waals surface area contributed by atoms with Gasteiger partial charge in [-0.3, -0.25) is 9.59 Å². The molecule has 3 aromatic rings. The SMILES string of the molecule is O=C(Nc1ccccc1-c1ccccc1)c1cccc(N2CCCC2=O)c1. The molecule has 3 aromatic carbocycles. The molecule has 4 heteroatoms. The van der Waals surface area contributed by atoms with Crippen molar-refractivity contribution in [2.24, 2.45) is 0 Å². The first kappa shape index (κ1) is 17.0. The Labute approximate surface area is 158 Å². The third kappa shape index (κ3) is 3.60. The van der Waals surface area contributed by atoms with E-state index in [9.17, 15) is 9.59 Å². The van der Waals surface area contributed by atoms with Crippen molar-refractivity contribution >= 4 is 23.2 Å². The van der Waals surface area contributed by atoms with Crippen LogP contribution in [0.5, 0.6) is 0 Å². The molecule has 0 bridgehead atoms. The van der Waals surface area contributed by atoms with Gasteiger partial charge in [0.2, 0.25) is 5.91 Å². The summed E-state index contributed by atoms with van der Waals surface area (Å²) in [5.41, 5.74) is 4.09. The van der Waals surface area contributed by atoms with Crippen LogP contribution in [0.1, 0.15) is 23.2 Å². The van der Waals surface area contributed by atoms with Crippen molar-refractivity contribution in [2.45, 2.75) is 12.8 Å². The summed E-state index contributed by atoms with van der Waals surface area (Å²) < 4.78 is 0. The van der Waals surface area contributed by atoms with E-state index in [1.165, 1.54) is 0 Å². The maximum absolute atomic E-state index is 12.8. The van der Waals surface area contributed by atoms with Gasteiger partial charge in [0.15, 0.2) is 0 Å². The first-order chi connectivity index (χ1) is 13.2. The molecule has 1 aliphatic rings. The van der Waals surface area contributed by atoms with Gasteiger partial charge in [-0.2, -0.15) is 0 Å². The van der Waals surface area contributed by atoms with E-state index in [0.717, 1.165) is 28.9 Å². The molecule has 1 fully saturated rings. The van der Waals surface area contributed by atoms with Crippen LogP contribution >= 0.6 is 0 Å². The number of hydrogen-bond acceptors (Lipinski definition) is 2. The average molecular weight is 356 g/mol. The van der Waals surface area contributed by atoms with Crippen LogP contribution in [0, 0.1) is 0 Å². The highest BCUT2D eigenvalue weighted by atomic mass is 16.2. The van der Waals surface area contributed by atoms with Crippen LogP contribution < -0.4 is 10.2 Å². The van der Waals surface area contributed by atoms with Gasteiger partial charge in [-0.05, 0) is 36.2 Å². The van der Waals surface area contributed by atoms with Crippen molar-refractivity contribution < 1.29 is 9.59 Å². The maximum atomic E-state index is 12.8. The number of nitrogens with one attached hydrogen (secondary N) is 1. The van der Waals surface area contributed by atoms with E-state index in [1.54, 1.807) is 17.0 Å². The second kappa shape index (κ2) is 7.46. The Morgan fingerprint density at radius 1 is 0.889 bits per heavy atom. The second-order valence-corrected chi connectivity index (χ2v) is 6.56. The molecule has 0 atom stereocenters. The van der Waals surface area contributed by atoms with Gasteiger partial charge in [0.05, 0.1) is 0 Å². The number of benzene rings is 3. The van der Waals surface area contributed by atoms with Gasteiger partial charge >= 0.3 is 0 Å². The van der Waals surface area contributed by atoms with Crippen LogP contribution in [0.15, 0.2) is 78.9 Å². The number of anilines is 2. The highest BCUT2D eigenvalue weighted by molar-refractivity contribution is 6.07. The van der Waals surface area contributed by atoms with Gasteiger partial charge < -0.3 is 10.2 Å². The first-order valence-corrected chi connectivity index (χ1v) is 9.08. The van der Waals surface area contributed by atoms with Gasteiger partial charge in [-0.1, -0.05) is 54.6 Å². The molecule has 0 radical (unpaired) electrons. The van der Waals surface area contributed by atoms with E-state index in [1.807, 2.05) is 66.7 Å². The first-order valence-electron chi connectivity index (χ1n) is 9.08. The van der Waals surface area contributed by atoms with Gasteiger partial charge in [-0.15, -0.1) is 0 Å². The van der Waals surface area contributed by atoms with E-state index < -0.39 is 0 Å². The molecular formula is C23H20N2O2. The molecule has 0 saturated carbocycles. The normalized spacial score (nSPS) is 13.6. The van der Waals surface area contributed by atoms with Gasteiger partial charge in [0.1, 0.15) is 0 Å². The lowest BCUT2D eigenvalue weighted by Gasteiger charge is -2.17. The summed E-state index contributed by atoms with van der Waals surface area (Å²) >= 11 is 0. The fraction of sp³-hybridized carbons (Fsp3) is 0.130. The van der Waals surface area contributed by atoms with Crippen LogP contribution in [-0.2, 0) is 4.79 Å². The molecule has 4 nitrogen and oxygen atoms in total. The van der Waals surface area contributed by atoms with Crippen molar-refractivity contribution in [1.82, 2.24) is 0 Å². The number of carbonyl (C=O) groups excluding carboxylic acids is 2. The van der Waals surface area contributed by atoms with Crippen molar-refractivity contribution in [3.05, 3.63) is 84.4 Å². The molecule has 0 spiro atoms. The molecule has 0 aliphatic carbocycles. The fourth-order valence-corrected chi connectivity index (χ4v) is 3.39. The maximum Gasteiger partial charge on any atom is 0.255 e. The molecule has 0 unspecified atom stereocenters. The monoisotopic (exact) mass is 356 g/mol. The molecule has 134 valence electrons. The topological polar surface area (TPSA) is 49.4 Å². The molecule has 0 aromatic heterocycles. The Balaban J connectivity index is 1.60. The Bertz CT molecular complexity index is 982. The Kier molecular flexibility index (Phi) is 4.71. The predicted molar refractivity (Wildman–Crippen MR) is 108 cm³/mol. The van der Waals surface area contributed by atoms with Gasteiger partial charge in [0.25, 0.3) is 5.91 Å². The summed E-state index contributed by atoms with van der Waals surface area (Å²) in [4.78, 5) is 26.6. The minimum atomic E-state index is -0.188. The molecule has 4 rings (SSSR count). The Hall–Kier alpha value is -3.40. The highest BCUT2D eigenvalue weighted by Crippen LogP contribution is 2.28. The number of hydrogen-bond donors (Lipinski definition) is 1. The smallest absolute Gasteiger partial charge is 0.255 e. The van der Waals surface area contributed by atoms with Crippen molar-refractivity contribution in [3.63, 3.8) is 0 Å². The van der Waals surface area contributed by atoms with E-state index in [-0.39, 0.29) is 11.8 Å². The van der Waals surface area contributed by atoms with Crippen LogP contribution in [0.4, 0.5) is 11.4 Å².